The Morgan fingerprint density at radius 2 is 0.786 bits per heavy atom. The maximum absolute atomic E-state index is 11.6. The molecule has 0 saturated heterocycles. The van der Waals surface area contributed by atoms with Gasteiger partial charge in [0.1, 0.15) is 17.8 Å². The van der Waals surface area contributed by atoms with E-state index in [2.05, 4.69) is 19.1 Å². The molecule has 246 valence electrons. The monoisotopic (exact) mass is 596 g/mol. The Labute approximate surface area is 257 Å². The van der Waals surface area contributed by atoms with Crippen molar-refractivity contribution in [3.05, 3.63) is 12.2 Å². The SMILES string of the molecule is CCCCCCCCCCCCCCCC/C=C/CCCCC[N+](CC(C)C(=O)O)(CC(C)C(=O)O)CC(C)C(=O)O. The number of hydrogen-bond acceptors (Lipinski definition) is 3. The number of nitrogens with zero attached hydrogens (tertiary/aromatic N) is 1. The molecule has 0 fully saturated rings. The van der Waals surface area contributed by atoms with Crippen LogP contribution >= 0.6 is 0 Å². The van der Waals surface area contributed by atoms with Crippen LogP contribution in [-0.2, 0) is 14.4 Å². The van der Waals surface area contributed by atoms with Gasteiger partial charge in [0.25, 0.3) is 0 Å². The Bertz CT molecular complexity index is 682. The van der Waals surface area contributed by atoms with Crippen molar-refractivity contribution in [2.24, 2.45) is 17.8 Å². The van der Waals surface area contributed by atoms with Gasteiger partial charge in [0.2, 0.25) is 0 Å². The van der Waals surface area contributed by atoms with Crippen molar-refractivity contribution in [2.75, 3.05) is 26.2 Å². The normalized spacial score (nSPS) is 15.3. The molecule has 0 spiro atoms. The van der Waals surface area contributed by atoms with E-state index in [1.165, 1.54) is 89.9 Å². The van der Waals surface area contributed by atoms with Gasteiger partial charge in [0.15, 0.2) is 0 Å². The van der Waals surface area contributed by atoms with Crippen molar-refractivity contribution >= 4 is 17.9 Å². The van der Waals surface area contributed by atoms with Crippen LogP contribution in [0.15, 0.2) is 12.2 Å². The minimum atomic E-state index is -0.938. The fourth-order valence-corrected chi connectivity index (χ4v) is 6.05. The summed E-state index contributed by atoms with van der Waals surface area (Å²) in [6.45, 7) is 8.44. The molecule has 0 radical (unpaired) electrons. The number of unbranched alkanes of at least 4 members (excludes halogenated alkanes) is 17. The predicted octanol–water partition coefficient (Wildman–Crippen LogP) is 8.95. The summed E-state index contributed by atoms with van der Waals surface area (Å²) in [7, 11) is 0. The van der Waals surface area contributed by atoms with Crippen LogP contribution in [0.3, 0.4) is 0 Å². The first-order valence-electron chi connectivity index (χ1n) is 17.2. The molecule has 0 heterocycles. The lowest BCUT2D eigenvalue weighted by molar-refractivity contribution is -0.934. The summed E-state index contributed by atoms with van der Waals surface area (Å²) >= 11 is 0. The third-order valence-electron chi connectivity index (χ3n) is 8.64. The lowest BCUT2D eigenvalue weighted by Gasteiger charge is -2.42. The molecule has 42 heavy (non-hydrogen) atoms. The van der Waals surface area contributed by atoms with Crippen LogP contribution in [0.25, 0.3) is 0 Å². The molecule has 0 aromatic rings. The maximum atomic E-state index is 11.6. The van der Waals surface area contributed by atoms with Gasteiger partial charge in [-0.3, -0.25) is 14.4 Å². The largest absolute Gasteiger partial charge is 0.481 e. The van der Waals surface area contributed by atoms with Gasteiger partial charge in [0, 0.05) is 0 Å². The molecular weight excluding hydrogens is 530 g/mol. The predicted molar refractivity (Wildman–Crippen MR) is 173 cm³/mol. The van der Waals surface area contributed by atoms with Crippen LogP contribution in [0.5, 0.6) is 0 Å². The average Bonchev–Trinajstić information content (AvgIpc) is 2.93. The molecule has 0 aromatic heterocycles. The van der Waals surface area contributed by atoms with E-state index in [-0.39, 0.29) is 24.1 Å². The molecule has 0 aliphatic carbocycles. The zero-order valence-corrected chi connectivity index (χ0v) is 27.7. The molecule has 7 nitrogen and oxygen atoms in total. The summed E-state index contributed by atoms with van der Waals surface area (Å²) in [6.07, 6.45) is 28.7. The lowest BCUT2D eigenvalue weighted by Crippen LogP contribution is -2.57. The van der Waals surface area contributed by atoms with Crippen LogP contribution in [-0.4, -0.2) is 63.9 Å². The number of carbonyl (C=O) groups is 3. The van der Waals surface area contributed by atoms with E-state index in [9.17, 15) is 29.7 Å². The summed E-state index contributed by atoms with van der Waals surface area (Å²) in [6, 6.07) is 0. The van der Waals surface area contributed by atoms with Crippen LogP contribution in [0.2, 0.25) is 0 Å². The smallest absolute Gasteiger partial charge is 0.311 e. The van der Waals surface area contributed by atoms with Gasteiger partial charge in [0.05, 0.1) is 26.2 Å². The minimum Gasteiger partial charge on any atom is -0.481 e. The van der Waals surface area contributed by atoms with E-state index >= 15 is 0 Å². The van der Waals surface area contributed by atoms with Gasteiger partial charge in [-0.2, -0.15) is 0 Å². The Morgan fingerprint density at radius 1 is 0.500 bits per heavy atom. The van der Waals surface area contributed by atoms with E-state index in [4.69, 9.17) is 0 Å². The molecule has 7 heteroatoms. The molecule has 0 saturated carbocycles. The first kappa shape index (κ1) is 40.1. The topological polar surface area (TPSA) is 112 Å². The summed E-state index contributed by atoms with van der Waals surface area (Å²) in [4.78, 5) is 34.9. The maximum Gasteiger partial charge on any atom is 0.311 e. The second-order valence-corrected chi connectivity index (χ2v) is 13.0. The zero-order valence-electron chi connectivity index (χ0n) is 27.7. The van der Waals surface area contributed by atoms with Crippen molar-refractivity contribution in [3.8, 4) is 0 Å². The lowest BCUT2D eigenvalue weighted by atomic mass is 10.0. The van der Waals surface area contributed by atoms with Crippen molar-refractivity contribution in [1.82, 2.24) is 0 Å². The molecule has 3 N–H and O–H groups in total. The van der Waals surface area contributed by atoms with Gasteiger partial charge in [-0.25, -0.2) is 0 Å². The number of hydrogen-bond donors (Lipinski definition) is 3. The van der Waals surface area contributed by atoms with Gasteiger partial charge < -0.3 is 19.8 Å². The fraction of sp³-hybridized carbons (Fsp3) is 0.857. The highest BCUT2D eigenvalue weighted by Gasteiger charge is 2.38. The van der Waals surface area contributed by atoms with E-state index in [0.717, 1.165) is 32.1 Å². The number of quaternary nitrogens is 1. The number of allylic oxidation sites excluding steroid dienone is 2. The first-order valence-corrected chi connectivity index (χ1v) is 17.2. The van der Waals surface area contributed by atoms with Crippen LogP contribution < -0.4 is 0 Å². The molecule has 0 amide bonds. The van der Waals surface area contributed by atoms with Crippen molar-refractivity contribution in [1.29, 1.82) is 0 Å². The number of carboxylic acids is 3. The molecule has 3 atom stereocenters. The number of rotatable bonds is 30. The molecule has 0 aliphatic heterocycles. The van der Waals surface area contributed by atoms with Crippen molar-refractivity contribution < 1.29 is 34.2 Å². The molecule has 3 unspecified atom stereocenters. The second-order valence-electron chi connectivity index (χ2n) is 13.0. The first-order chi connectivity index (χ1) is 20.0. The molecule has 0 bridgehead atoms. The summed E-state index contributed by atoms with van der Waals surface area (Å²) < 4.78 is 0.212. The summed E-state index contributed by atoms with van der Waals surface area (Å²) in [5.74, 6) is -4.84. The van der Waals surface area contributed by atoms with E-state index in [1.54, 1.807) is 20.8 Å². The Balaban J connectivity index is 4.24. The quantitative estimate of drug-likeness (QED) is 0.0433. The molecule has 0 rings (SSSR count). The van der Waals surface area contributed by atoms with Crippen LogP contribution in [0.1, 0.15) is 150 Å². The Kier molecular flexibility index (Phi) is 24.4. The third kappa shape index (κ3) is 21.8. The second kappa shape index (κ2) is 25.6. The van der Waals surface area contributed by atoms with Crippen molar-refractivity contribution in [2.45, 2.75) is 150 Å². The van der Waals surface area contributed by atoms with Gasteiger partial charge >= 0.3 is 17.9 Å². The molecular formula is C35H66NO6+. The highest BCUT2D eigenvalue weighted by molar-refractivity contribution is 5.70. The Morgan fingerprint density at radius 3 is 1.10 bits per heavy atom. The van der Waals surface area contributed by atoms with Gasteiger partial charge in [-0.05, 0) is 59.3 Å². The number of aliphatic carboxylic acids is 3. The molecule has 0 aliphatic rings. The molecule has 0 aromatic carbocycles. The van der Waals surface area contributed by atoms with Crippen LogP contribution in [0.4, 0.5) is 0 Å². The fourth-order valence-electron chi connectivity index (χ4n) is 6.05. The standard InChI is InChI=1S/C35H65NO6/c1-5-6-7-8-9-10-11-12-13-14-15-16-17-18-19-20-21-22-23-24-25-26-36(27-30(2)33(37)38,28-31(3)34(39)40)29-32(4)35(41)42/h20-21,30-32H,5-19,22-29H2,1-4H3,(H2-,37,38,39,40,41,42)/p+1/b21-20+. The summed E-state index contributed by atoms with van der Waals surface area (Å²) in [5.41, 5.74) is 0. The van der Waals surface area contributed by atoms with E-state index < -0.39 is 35.7 Å². The minimum absolute atomic E-state index is 0.212. The van der Waals surface area contributed by atoms with Gasteiger partial charge in [-0.1, -0.05) is 103 Å². The highest BCUT2D eigenvalue weighted by Crippen LogP contribution is 2.22. The summed E-state index contributed by atoms with van der Waals surface area (Å²) in [5, 5.41) is 28.6. The Hall–Kier alpha value is -1.89. The third-order valence-corrected chi connectivity index (χ3v) is 8.64. The van der Waals surface area contributed by atoms with Crippen LogP contribution in [0, 0.1) is 17.8 Å². The van der Waals surface area contributed by atoms with E-state index in [1.807, 2.05) is 0 Å². The van der Waals surface area contributed by atoms with Gasteiger partial charge in [-0.15, -0.1) is 0 Å². The average molecular weight is 597 g/mol. The highest BCUT2D eigenvalue weighted by atomic mass is 16.4. The zero-order chi connectivity index (χ0) is 31.6. The van der Waals surface area contributed by atoms with E-state index in [0.29, 0.717) is 6.54 Å². The van der Waals surface area contributed by atoms with Crippen molar-refractivity contribution in [3.63, 3.8) is 0 Å². The number of carboxylic acid groups (broad SMARTS) is 3.